The number of thiophene rings is 1. The van der Waals surface area contributed by atoms with E-state index in [2.05, 4.69) is 26.8 Å². The highest BCUT2D eigenvalue weighted by molar-refractivity contribution is 9.11. The molecule has 64 valence electrons. The van der Waals surface area contributed by atoms with Gasteiger partial charge >= 0.3 is 0 Å². The molecule has 0 aliphatic rings. The number of hydrogen-bond donors (Lipinski definition) is 2. The summed E-state index contributed by atoms with van der Waals surface area (Å²) in [6, 6.07) is 3.43. The van der Waals surface area contributed by atoms with Gasteiger partial charge in [0.2, 0.25) is 6.41 Å². The predicted octanol–water partition coefficient (Wildman–Crippen LogP) is 0.901. The third kappa shape index (κ3) is 2.31. The van der Waals surface area contributed by atoms with E-state index in [1.54, 1.807) is 12.1 Å². The van der Waals surface area contributed by atoms with Gasteiger partial charge in [-0.2, -0.15) is 0 Å². The summed E-state index contributed by atoms with van der Waals surface area (Å²) in [5.41, 5.74) is 4.26. The zero-order valence-electron chi connectivity index (χ0n) is 5.83. The van der Waals surface area contributed by atoms with Crippen LogP contribution in [0.3, 0.4) is 0 Å². The number of hydrogen-bond acceptors (Lipinski definition) is 3. The summed E-state index contributed by atoms with van der Waals surface area (Å²) in [6.07, 6.45) is 0.403. The van der Waals surface area contributed by atoms with Gasteiger partial charge in [0, 0.05) is 0 Å². The van der Waals surface area contributed by atoms with E-state index in [1.165, 1.54) is 11.3 Å². The lowest BCUT2D eigenvalue weighted by molar-refractivity contribution is -0.110. The topological polar surface area (TPSA) is 58.2 Å². The lowest BCUT2D eigenvalue weighted by atomic mass is 10.4. The molecule has 0 aromatic carbocycles. The first-order valence-corrected chi connectivity index (χ1v) is 4.60. The molecule has 1 rings (SSSR count). The number of hydrazine groups is 1. The number of amides is 2. The van der Waals surface area contributed by atoms with Crippen molar-refractivity contribution in [1.29, 1.82) is 0 Å². The lowest BCUT2D eigenvalue weighted by Gasteiger charge is -1.97. The van der Waals surface area contributed by atoms with Crippen LogP contribution in [-0.2, 0) is 4.79 Å². The van der Waals surface area contributed by atoms with Crippen LogP contribution in [0.2, 0.25) is 0 Å². The molecule has 0 spiro atoms. The first-order chi connectivity index (χ1) is 5.74. The van der Waals surface area contributed by atoms with Gasteiger partial charge in [-0.25, -0.2) is 0 Å². The third-order valence-electron chi connectivity index (χ3n) is 1.04. The number of carbonyl (C=O) groups is 2. The van der Waals surface area contributed by atoms with Crippen LogP contribution in [-0.4, -0.2) is 12.3 Å². The molecule has 1 aromatic rings. The Bertz CT molecular complexity index is 299. The van der Waals surface area contributed by atoms with Gasteiger partial charge < -0.3 is 0 Å². The quantitative estimate of drug-likeness (QED) is 0.617. The predicted molar refractivity (Wildman–Crippen MR) is 48.7 cm³/mol. The maximum atomic E-state index is 11.1. The SMILES string of the molecule is O=CNNC(=O)c1ccc(Br)s1. The second-order valence-electron chi connectivity index (χ2n) is 1.82. The van der Waals surface area contributed by atoms with Crippen LogP contribution in [0.15, 0.2) is 15.9 Å². The summed E-state index contributed by atoms with van der Waals surface area (Å²) in [6.45, 7) is 0. The van der Waals surface area contributed by atoms with Crippen LogP contribution in [0.4, 0.5) is 0 Å². The maximum absolute atomic E-state index is 11.1. The molecular formula is C6H5BrN2O2S. The Hall–Kier alpha value is -0.880. The maximum Gasteiger partial charge on any atom is 0.279 e. The van der Waals surface area contributed by atoms with E-state index in [-0.39, 0.29) is 5.91 Å². The highest BCUT2D eigenvalue weighted by Gasteiger charge is 2.06. The summed E-state index contributed by atoms with van der Waals surface area (Å²) in [5.74, 6) is -0.321. The van der Waals surface area contributed by atoms with E-state index in [0.717, 1.165) is 3.79 Å². The molecule has 6 heteroatoms. The molecule has 0 saturated carbocycles. The summed E-state index contributed by atoms with van der Waals surface area (Å²) >= 11 is 4.51. The van der Waals surface area contributed by atoms with Crippen molar-refractivity contribution in [3.8, 4) is 0 Å². The van der Waals surface area contributed by atoms with E-state index >= 15 is 0 Å². The Morgan fingerprint density at radius 2 is 2.33 bits per heavy atom. The molecule has 4 nitrogen and oxygen atoms in total. The Morgan fingerprint density at radius 3 is 2.83 bits per heavy atom. The van der Waals surface area contributed by atoms with Gasteiger partial charge in [0.1, 0.15) is 0 Å². The van der Waals surface area contributed by atoms with Gasteiger partial charge in [-0.15, -0.1) is 11.3 Å². The van der Waals surface area contributed by atoms with Crippen LogP contribution < -0.4 is 10.9 Å². The Morgan fingerprint density at radius 1 is 1.58 bits per heavy atom. The largest absolute Gasteiger partial charge is 0.279 e. The Balaban J connectivity index is 2.59. The molecule has 0 fully saturated rings. The van der Waals surface area contributed by atoms with Crippen molar-refractivity contribution >= 4 is 39.6 Å². The molecule has 0 aliphatic carbocycles. The molecule has 0 radical (unpaired) electrons. The van der Waals surface area contributed by atoms with Crippen LogP contribution in [0.25, 0.3) is 0 Å². The number of nitrogens with one attached hydrogen (secondary N) is 2. The molecule has 0 saturated heterocycles. The standard InChI is InChI=1S/C6H5BrN2O2S/c7-5-2-1-4(12-5)6(11)9-8-3-10/h1-3H,(H,8,10)(H,9,11). The Kier molecular flexibility index (Phi) is 3.24. The smallest absolute Gasteiger partial charge is 0.277 e. The van der Waals surface area contributed by atoms with Crippen molar-refractivity contribution in [1.82, 2.24) is 10.9 Å². The minimum absolute atomic E-state index is 0.321. The number of halogens is 1. The van der Waals surface area contributed by atoms with Gasteiger partial charge in [-0.1, -0.05) is 0 Å². The van der Waals surface area contributed by atoms with E-state index in [4.69, 9.17) is 0 Å². The lowest BCUT2D eigenvalue weighted by Crippen LogP contribution is -2.35. The van der Waals surface area contributed by atoms with Crippen LogP contribution in [0.1, 0.15) is 9.67 Å². The van der Waals surface area contributed by atoms with Crippen molar-refractivity contribution < 1.29 is 9.59 Å². The van der Waals surface area contributed by atoms with Gasteiger partial charge in [0.05, 0.1) is 8.66 Å². The fourth-order valence-electron chi connectivity index (χ4n) is 0.593. The zero-order valence-corrected chi connectivity index (χ0v) is 8.24. The van der Waals surface area contributed by atoms with Crippen LogP contribution in [0.5, 0.6) is 0 Å². The zero-order chi connectivity index (χ0) is 8.97. The van der Waals surface area contributed by atoms with Gasteiger partial charge in [-0.3, -0.25) is 20.4 Å². The average Bonchev–Trinajstić information content (AvgIpc) is 2.47. The summed E-state index contributed by atoms with van der Waals surface area (Å²) in [4.78, 5) is 21.4. The van der Waals surface area contributed by atoms with Crippen molar-refractivity contribution in [2.75, 3.05) is 0 Å². The van der Waals surface area contributed by atoms with E-state index in [9.17, 15) is 9.59 Å². The normalized spacial score (nSPS) is 9.08. The first kappa shape index (κ1) is 9.21. The molecule has 0 unspecified atom stereocenters. The van der Waals surface area contributed by atoms with E-state index < -0.39 is 0 Å². The fourth-order valence-corrected chi connectivity index (χ4v) is 1.87. The molecule has 0 aliphatic heterocycles. The highest BCUT2D eigenvalue weighted by Crippen LogP contribution is 2.21. The summed E-state index contributed by atoms with van der Waals surface area (Å²) in [5, 5.41) is 0. The molecule has 2 N–H and O–H groups in total. The number of rotatable bonds is 3. The van der Waals surface area contributed by atoms with Gasteiger partial charge in [0.15, 0.2) is 0 Å². The molecular weight excluding hydrogens is 244 g/mol. The molecule has 0 bridgehead atoms. The van der Waals surface area contributed by atoms with Crippen molar-refractivity contribution in [2.24, 2.45) is 0 Å². The van der Waals surface area contributed by atoms with Crippen LogP contribution in [0, 0.1) is 0 Å². The van der Waals surface area contributed by atoms with Crippen LogP contribution >= 0.6 is 27.3 Å². The molecule has 1 aromatic heterocycles. The minimum Gasteiger partial charge on any atom is -0.277 e. The minimum atomic E-state index is -0.321. The van der Waals surface area contributed by atoms with Gasteiger partial charge in [-0.05, 0) is 28.1 Å². The molecule has 2 amide bonds. The average molecular weight is 249 g/mol. The van der Waals surface area contributed by atoms with Crippen molar-refractivity contribution in [3.05, 3.63) is 20.8 Å². The second kappa shape index (κ2) is 4.22. The molecule has 1 heterocycles. The first-order valence-electron chi connectivity index (χ1n) is 2.99. The Labute approximate surface area is 81.1 Å². The van der Waals surface area contributed by atoms with E-state index in [0.29, 0.717) is 11.3 Å². The van der Waals surface area contributed by atoms with Crippen molar-refractivity contribution in [3.63, 3.8) is 0 Å². The summed E-state index contributed by atoms with van der Waals surface area (Å²) < 4.78 is 0.874. The van der Waals surface area contributed by atoms with Gasteiger partial charge in [0.25, 0.3) is 5.91 Å². The van der Waals surface area contributed by atoms with E-state index in [1.807, 2.05) is 0 Å². The second-order valence-corrected chi connectivity index (χ2v) is 4.28. The summed E-state index contributed by atoms with van der Waals surface area (Å²) in [7, 11) is 0. The highest BCUT2D eigenvalue weighted by atomic mass is 79.9. The molecule has 12 heavy (non-hydrogen) atoms. The van der Waals surface area contributed by atoms with Crippen molar-refractivity contribution in [2.45, 2.75) is 0 Å². The number of carbonyl (C=O) groups excluding carboxylic acids is 2. The monoisotopic (exact) mass is 248 g/mol. The molecule has 0 atom stereocenters. The fraction of sp³-hybridized carbons (Fsp3) is 0. The third-order valence-corrected chi connectivity index (χ3v) is 2.66.